The Morgan fingerprint density at radius 3 is 2.50 bits per heavy atom. The van der Waals surface area contributed by atoms with Crippen LogP contribution in [0.15, 0.2) is 28.7 Å². The number of nitrogens with zero attached hydrogens (tertiary/aromatic N) is 2. The summed E-state index contributed by atoms with van der Waals surface area (Å²) in [6.07, 6.45) is 0. The van der Waals surface area contributed by atoms with E-state index in [9.17, 15) is 0 Å². The molecule has 0 saturated carbocycles. The molecule has 0 aliphatic rings. The summed E-state index contributed by atoms with van der Waals surface area (Å²) >= 11 is 3.55. The molecule has 1 heterocycles. The Morgan fingerprint density at radius 1 is 1.33 bits per heavy atom. The molecule has 0 unspecified atom stereocenters. The second-order valence-corrected chi connectivity index (χ2v) is 4.84. The zero-order valence-electron chi connectivity index (χ0n) is 10.7. The van der Waals surface area contributed by atoms with Crippen LogP contribution in [-0.4, -0.2) is 16.9 Å². The lowest BCUT2D eigenvalue weighted by Crippen LogP contribution is -2.05. The molecule has 1 aromatic carbocycles. The Labute approximate surface area is 115 Å². The van der Waals surface area contributed by atoms with Gasteiger partial charge in [-0.25, -0.2) is 0 Å². The molecule has 0 aliphatic carbocycles. The maximum Gasteiger partial charge on any atom is 0.119 e. The largest absolute Gasteiger partial charge is 0.497 e. The number of anilines is 1. The quantitative estimate of drug-likeness (QED) is 0.943. The van der Waals surface area contributed by atoms with Gasteiger partial charge >= 0.3 is 0 Å². The fourth-order valence-corrected chi connectivity index (χ4v) is 2.24. The molecule has 1 aromatic heterocycles. The molecule has 0 amide bonds. The molecule has 2 rings (SSSR count). The van der Waals surface area contributed by atoms with Gasteiger partial charge < -0.3 is 10.1 Å². The van der Waals surface area contributed by atoms with Crippen molar-refractivity contribution in [3.63, 3.8) is 0 Å². The van der Waals surface area contributed by atoms with Gasteiger partial charge in [0, 0.05) is 12.7 Å². The average molecular weight is 310 g/mol. The highest BCUT2D eigenvalue weighted by atomic mass is 79.9. The number of aromatic nitrogens is 2. The van der Waals surface area contributed by atoms with E-state index in [1.165, 1.54) is 0 Å². The van der Waals surface area contributed by atoms with E-state index < -0.39 is 0 Å². The molecule has 0 spiro atoms. The second-order valence-electron chi connectivity index (χ2n) is 4.05. The van der Waals surface area contributed by atoms with Crippen LogP contribution in [0.2, 0.25) is 0 Å². The van der Waals surface area contributed by atoms with Gasteiger partial charge in [-0.1, -0.05) is 0 Å². The van der Waals surface area contributed by atoms with Crippen LogP contribution < -0.4 is 10.1 Å². The number of hydrogen-bond donors (Lipinski definition) is 1. The summed E-state index contributed by atoms with van der Waals surface area (Å²) in [5, 5.41) is 7.72. The van der Waals surface area contributed by atoms with E-state index in [1.54, 1.807) is 7.11 Å². The van der Waals surface area contributed by atoms with Gasteiger partial charge in [-0.15, -0.1) is 0 Å². The zero-order chi connectivity index (χ0) is 13.1. The number of rotatable bonds is 4. The zero-order valence-corrected chi connectivity index (χ0v) is 12.3. The first-order valence-electron chi connectivity index (χ1n) is 5.67. The number of methoxy groups -OCH3 is 1. The standard InChI is InChI=1S/C13H16BrN3O/c1-9-13(14)12(17(2)16-9)8-15-10-4-6-11(18-3)7-5-10/h4-7,15H,8H2,1-3H3. The Kier molecular flexibility index (Phi) is 3.91. The van der Waals surface area contributed by atoms with E-state index >= 15 is 0 Å². The topological polar surface area (TPSA) is 39.1 Å². The van der Waals surface area contributed by atoms with Gasteiger partial charge in [0.15, 0.2) is 0 Å². The van der Waals surface area contributed by atoms with Crippen molar-refractivity contribution < 1.29 is 4.74 Å². The summed E-state index contributed by atoms with van der Waals surface area (Å²) in [6, 6.07) is 7.86. The molecule has 1 N–H and O–H groups in total. The lowest BCUT2D eigenvalue weighted by atomic mass is 10.3. The van der Waals surface area contributed by atoms with E-state index in [-0.39, 0.29) is 0 Å². The lowest BCUT2D eigenvalue weighted by molar-refractivity contribution is 0.415. The number of hydrogen-bond acceptors (Lipinski definition) is 3. The highest BCUT2D eigenvalue weighted by molar-refractivity contribution is 9.10. The van der Waals surface area contributed by atoms with Gasteiger partial charge in [0.25, 0.3) is 0 Å². The minimum Gasteiger partial charge on any atom is -0.497 e. The van der Waals surface area contributed by atoms with E-state index in [0.717, 1.165) is 33.8 Å². The third-order valence-corrected chi connectivity index (χ3v) is 3.84. The van der Waals surface area contributed by atoms with E-state index in [1.807, 2.05) is 42.9 Å². The van der Waals surface area contributed by atoms with Crippen LogP contribution in [0.25, 0.3) is 0 Å². The maximum atomic E-state index is 5.12. The molecule has 0 atom stereocenters. The molecule has 0 fully saturated rings. The average Bonchev–Trinajstić information content (AvgIpc) is 2.62. The lowest BCUT2D eigenvalue weighted by Gasteiger charge is -2.08. The van der Waals surface area contributed by atoms with Gasteiger partial charge in [0.1, 0.15) is 5.75 Å². The molecule has 2 aromatic rings. The van der Waals surface area contributed by atoms with Crippen molar-refractivity contribution in [3.8, 4) is 5.75 Å². The fourth-order valence-electron chi connectivity index (χ4n) is 1.77. The smallest absolute Gasteiger partial charge is 0.119 e. The van der Waals surface area contributed by atoms with Crippen molar-refractivity contribution in [2.75, 3.05) is 12.4 Å². The summed E-state index contributed by atoms with van der Waals surface area (Å²) in [4.78, 5) is 0. The van der Waals surface area contributed by atoms with Gasteiger partial charge in [0.05, 0.1) is 29.5 Å². The molecule has 18 heavy (non-hydrogen) atoms. The molecule has 0 aliphatic heterocycles. The number of nitrogens with one attached hydrogen (secondary N) is 1. The Hall–Kier alpha value is -1.49. The van der Waals surface area contributed by atoms with Crippen LogP contribution >= 0.6 is 15.9 Å². The van der Waals surface area contributed by atoms with Gasteiger partial charge in [-0.3, -0.25) is 4.68 Å². The van der Waals surface area contributed by atoms with Crippen LogP contribution in [0.1, 0.15) is 11.4 Å². The molecule has 0 radical (unpaired) electrons. The maximum absolute atomic E-state index is 5.12. The fraction of sp³-hybridized carbons (Fsp3) is 0.308. The van der Waals surface area contributed by atoms with Crippen LogP contribution in [-0.2, 0) is 13.6 Å². The molecular formula is C13H16BrN3O. The van der Waals surface area contributed by atoms with Crippen molar-refractivity contribution in [3.05, 3.63) is 40.1 Å². The minimum absolute atomic E-state index is 0.726. The van der Waals surface area contributed by atoms with Crippen LogP contribution in [0, 0.1) is 6.92 Å². The molecular weight excluding hydrogens is 294 g/mol. The predicted octanol–water partition coefficient (Wildman–Crippen LogP) is 3.11. The van der Waals surface area contributed by atoms with Crippen molar-refractivity contribution in [2.45, 2.75) is 13.5 Å². The van der Waals surface area contributed by atoms with E-state index in [0.29, 0.717) is 0 Å². The monoisotopic (exact) mass is 309 g/mol. The molecule has 5 heteroatoms. The van der Waals surface area contributed by atoms with Crippen LogP contribution in [0.4, 0.5) is 5.69 Å². The molecule has 0 bridgehead atoms. The summed E-state index contributed by atoms with van der Waals surface area (Å²) in [5.41, 5.74) is 3.19. The summed E-state index contributed by atoms with van der Waals surface area (Å²) in [6.45, 7) is 2.71. The van der Waals surface area contributed by atoms with Crippen LogP contribution in [0.5, 0.6) is 5.75 Å². The van der Waals surface area contributed by atoms with Crippen molar-refractivity contribution in [1.82, 2.24) is 9.78 Å². The third kappa shape index (κ3) is 2.67. The minimum atomic E-state index is 0.726. The van der Waals surface area contributed by atoms with Crippen molar-refractivity contribution in [1.29, 1.82) is 0 Å². The Balaban J connectivity index is 2.06. The van der Waals surface area contributed by atoms with Crippen molar-refractivity contribution >= 4 is 21.6 Å². The van der Waals surface area contributed by atoms with E-state index in [4.69, 9.17) is 4.74 Å². The SMILES string of the molecule is COc1ccc(NCc2c(Br)c(C)nn2C)cc1. The van der Waals surface area contributed by atoms with Gasteiger partial charge in [-0.05, 0) is 47.1 Å². The van der Waals surface area contributed by atoms with Gasteiger partial charge in [0.2, 0.25) is 0 Å². The Morgan fingerprint density at radius 2 is 2.00 bits per heavy atom. The molecule has 4 nitrogen and oxygen atoms in total. The third-order valence-electron chi connectivity index (χ3n) is 2.81. The summed E-state index contributed by atoms with van der Waals surface area (Å²) in [5.74, 6) is 0.859. The second kappa shape index (κ2) is 5.44. The normalized spacial score (nSPS) is 10.4. The first-order chi connectivity index (χ1) is 8.61. The molecule has 0 saturated heterocycles. The predicted molar refractivity (Wildman–Crippen MR) is 76.0 cm³/mol. The summed E-state index contributed by atoms with van der Waals surface area (Å²) in [7, 11) is 3.61. The molecule has 96 valence electrons. The number of ether oxygens (including phenoxy) is 1. The van der Waals surface area contributed by atoms with Crippen molar-refractivity contribution in [2.24, 2.45) is 7.05 Å². The highest BCUT2D eigenvalue weighted by Gasteiger charge is 2.09. The first-order valence-corrected chi connectivity index (χ1v) is 6.47. The summed E-state index contributed by atoms with van der Waals surface area (Å²) < 4.78 is 8.07. The highest BCUT2D eigenvalue weighted by Crippen LogP contribution is 2.22. The number of halogens is 1. The van der Waals surface area contributed by atoms with Gasteiger partial charge in [-0.2, -0.15) is 5.10 Å². The Bertz CT molecular complexity index is 534. The van der Waals surface area contributed by atoms with E-state index in [2.05, 4.69) is 26.3 Å². The number of benzene rings is 1. The van der Waals surface area contributed by atoms with Crippen LogP contribution in [0.3, 0.4) is 0 Å². The number of aryl methyl sites for hydroxylation is 2. The first kappa shape index (κ1) is 13.0.